The molecule has 0 aliphatic rings. The van der Waals surface area contributed by atoms with Crippen LogP contribution in [-0.4, -0.2) is 5.91 Å². The van der Waals surface area contributed by atoms with Crippen molar-refractivity contribution in [1.29, 1.82) is 5.26 Å². The lowest BCUT2D eigenvalue weighted by molar-refractivity contribution is -0.112. The quantitative estimate of drug-likeness (QED) is 0.654. The number of benzene rings is 2. The van der Waals surface area contributed by atoms with Crippen molar-refractivity contribution >= 4 is 28.9 Å². The Balaban J connectivity index is 2.12. The maximum atomic E-state index is 13.5. The average molecular weight is 334 g/mol. The number of nitrogens with one attached hydrogen (secondary N) is 2. The van der Waals surface area contributed by atoms with Crippen molar-refractivity contribution < 1.29 is 13.6 Å². The van der Waals surface area contributed by atoms with E-state index in [4.69, 9.17) is 16.9 Å². The monoisotopic (exact) mass is 333 g/mol. The molecular formula is C16H10ClF2N3O. The highest BCUT2D eigenvalue weighted by Crippen LogP contribution is 2.17. The Kier molecular flexibility index (Phi) is 5.28. The molecule has 0 saturated carbocycles. The number of hydrogen-bond donors (Lipinski definition) is 2. The Morgan fingerprint density at radius 2 is 2.00 bits per heavy atom. The molecule has 0 heterocycles. The number of amides is 1. The van der Waals surface area contributed by atoms with Crippen molar-refractivity contribution in [2.24, 2.45) is 0 Å². The van der Waals surface area contributed by atoms with E-state index in [1.54, 1.807) is 24.3 Å². The second-order valence-corrected chi connectivity index (χ2v) is 4.84. The van der Waals surface area contributed by atoms with Crippen LogP contribution in [0.3, 0.4) is 0 Å². The van der Waals surface area contributed by atoms with Crippen LogP contribution >= 0.6 is 11.6 Å². The van der Waals surface area contributed by atoms with Crippen LogP contribution in [-0.2, 0) is 4.79 Å². The van der Waals surface area contributed by atoms with Crippen molar-refractivity contribution in [3.63, 3.8) is 0 Å². The van der Waals surface area contributed by atoms with E-state index in [0.717, 1.165) is 18.3 Å². The van der Waals surface area contributed by atoms with Gasteiger partial charge in [0, 0.05) is 23.0 Å². The lowest BCUT2D eigenvalue weighted by Crippen LogP contribution is -2.14. The molecule has 2 aromatic carbocycles. The number of anilines is 2. The molecule has 0 bridgehead atoms. The number of halogens is 3. The topological polar surface area (TPSA) is 64.9 Å². The largest absolute Gasteiger partial charge is 0.358 e. The highest BCUT2D eigenvalue weighted by molar-refractivity contribution is 6.31. The van der Waals surface area contributed by atoms with E-state index in [9.17, 15) is 13.6 Å². The molecule has 7 heteroatoms. The fourth-order valence-corrected chi connectivity index (χ4v) is 1.86. The highest BCUT2D eigenvalue weighted by atomic mass is 35.5. The Bertz CT molecular complexity index is 815. The maximum absolute atomic E-state index is 13.5. The van der Waals surface area contributed by atoms with Crippen LogP contribution in [0, 0.1) is 23.0 Å². The fraction of sp³-hybridized carbons (Fsp3) is 0. The van der Waals surface area contributed by atoms with Gasteiger partial charge in [-0.2, -0.15) is 5.26 Å². The van der Waals surface area contributed by atoms with Gasteiger partial charge in [-0.1, -0.05) is 17.7 Å². The van der Waals surface area contributed by atoms with Crippen LogP contribution in [0.5, 0.6) is 0 Å². The molecule has 4 nitrogen and oxygen atoms in total. The summed E-state index contributed by atoms with van der Waals surface area (Å²) >= 11 is 5.80. The van der Waals surface area contributed by atoms with E-state index in [2.05, 4.69) is 10.6 Å². The molecule has 0 saturated heterocycles. The highest BCUT2D eigenvalue weighted by Gasteiger charge is 2.10. The maximum Gasteiger partial charge on any atom is 0.267 e. The van der Waals surface area contributed by atoms with Crippen LogP contribution in [0.1, 0.15) is 0 Å². The molecule has 0 spiro atoms. The van der Waals surface area contributed by atoms with Gasteiger partial charge in [-0.25, -0.2) is 8.78 Å². The third-order valence-corrected chi connectivity index (χ3v) is 2.99. The lowest BCUT2D eigenvalue weighted by atomic mass is 10.2. The summed E-state index contributed by atoms with van der Waals surface area (Å²) in [6.07, 6.45) is 1.04. The number of hydrogen-bond acceptors (Lipinski definition) is 3. The molecule has 0 radical (unpaired) electrons. The van der Waals surface area contributed by atoms with E-state index < -0.39 is 17.5 Å². The molecule has 0 aromatic heterocycles. The summed E-state index contributed by atoms with van der Waals surface area (Å²) < 4.78 is 26.3. The molecule has 1 amide bonds. The summed E-state index contributed by atoms with van der Waals surface area (Å²) in [6.45, 7) is 0. The third-order valence-electron chi connectivity index (χ3n) is 2.75. The number of nitriles is 1. The van der Waals surface area contributed by atoms with Gasteiger partial charge in [0.2, 0.25) is 0 Å². The van der Waals surface area contributed by atoms with Gasteiger partial charge in [0.15, 0.2) is 0 Å². The van der Waals surface area contributed by atoms with Crippen LogP contribution in [0.4, 0.5) is 20.2 Å². The summed E-state index contributed by atoms with van der Waals surface area (Å²) in [6, 6.07) is 11.0. The number of rotatable bonds is 4. The molecule has 116 valence electrons. The predicted octanol–water partition coefficient (Wildman–Crippen LogP) is 4.08. The molecule has 23 heavy (non-hydrogen) atoms. The first kappa shape index (κ1) is 16.5. The van der Waals surface area contributed by atoms with E-state index in [1.807, 2.05) is 0 Å². The molecule has 0 aliphatic heterocycles. The molecule has 2 rings (SSSR count). The first-order chi connectivity index (χ1) is 11.0. The van der Waals surface area contributed by atoms with Crippen molar-refractivity contribution in [1.82, 2.24) is 0 Å². The number of carbonyl (C=O) groups is 1. The van der Waals surface area contributed by atoms with Gasteiger partial charge >= 0.3 is 0 Å². The minimum absolute atomic E-state index is 0.0605. The minimum atomic E-state index is -0.839. The molecule has 2 aromatic rings. The smallest absolute Gasteiger partial charge is 0.267 e. The third kappa shape index (κ3) is 4.53. The normalized spacial score (nSPS) is 10.8. The Morgan fingerprint density at radius 3 is 2.65 bits per heavy atom. The van der Waals surface area contributed by atoms with Crippen molar-refractivity contribution in [3.8, 4) is 6.07 Å². The predicted molar refractivity (Wildman–Crippen MR) is 83.8 cm³/mol. The van der Waals surface area contributed by atoms with Gasteiger partial charge in [0.05, 0.1) is 5.69 Å². The molecule has 0 unspecified atom stereocenters. The first-order valence-corrected chi connectivity index (χ1v) is 6.76. The summed E-state index contributed by atoms with van der Waals surface area (Å²) in [7, 11) is 0. The zero-order valence-electron chi connectivity index (χ0n) is 11.6. The SMILES string of the molecule is N#C/C(=C/Nc1ccc(F)cc1F)C(=O)Nc1cccc(Cl)c1. The summed E-state index contributed by atoms with van der Waals surface area (Å²) in [5.74, 6) is -2.25. The second kappa shape index (κ2) is 7.38. The fourth-order valence-electron chi connectivity index (χ4n) is 1.67. The van der Waals surface area contributed by atoms with Gasteiger partial charge in [-0.3, -0.25) is 4.79 Å². The van der Waals surface area contributed by atoms with Crippen LogP contribution in [0.25, 0.3) is 0 Å². The Hall–Kier alpha value is -2.91. The van der Waals surface area contributed by atoms with Crippen molar-refractivity contribution in [2.75, 3.05) is 10.6 Å². The minimum Gasteiger partial charge on any atom is -0.358 e. The lowest BCUT2D eigenvalue weighted by Gasteiger charge is -2.06. The van der Waals surface area contributed by atoms with Crippen LogP contribution < -0.4 is 10.6 Å². The number of nitrogens with zero attached hydrogens (tertiary/aromatic N) is 1. The molecular weight excluding hydrogens is 324 g/mol. The standard InChI is InChI=1S/C16H10ClF2N3O/c17-11-2-1-3-13(6-11)22-16(23)10(8-20)9-21-15-5-4-12(18)7-14(15)19/h1-7,9,21H,(H,22,23)/b10-9-. The summed E-state index contributed by atoms with van der Waals surface area (Å²) in [5, 5.41) is 14.4. The summed E-state index contributed by atoms with van der Waals surface area (Å²) in [4.78, 5) is 12.0. The molecule has 0 aliphatic carbocycles. The first-order valence-electron chi connectivity index (χ1n) is 6.38. The number of carbonyl (C=O) groups excluding carboxylic acids is 1. The van der Waals surface area contributed by atoms with E-state index in [-0.39, 0.29) is 11.3 Å². The average Bonchev–Trinajstić information content (AvgIpc) is 2.49. The van der Waals surface area contributed by atoms with Crippen LogP contribution in [0.2, 0.25) is 5.02 Å². The molecule has 0 fully saturated rings. The van der Waals surface area contributed by atoms with Gasteiger partial charge < -0.3 is 10.6 Å². The van der Waals surface area contributed by atoms with Gasteiger partial charge in [0.1, 0.15) is 23.3 Å². The van der Waals surface area contributed by atoms with Gasteiger partial charge in [-0.15, -0.1) is 0 Å². The van der Waals surface area contributed by atoms with Crippen LogP contribution in [0.15, 0.2) is 54.2 Å². The van der Waals surface area contributed by atoms with Gasteiger partial charge in [-0.05, 0) is 30.3 Å². The summed E-state index contributed by atoms with van der Waals surface area (Å²) in [5.41, 5.74) is 0.0695. The zero-order valence-corrected chi connectivity index (χ0v) is 12.4. The van der Waals surface area contributed by atoms with Gasteiger partial charge in [0.25, 0.3) is 5.91 Å². The molecule has 0 atom stereocenters. The van der Waals surface area contributed by atoms with E-state index >= 15 is 0 Å². The Labute approximate surface area is 136 Å². The zero-order chi connectivity index (χ0) is 16.8. The second-order valence-electron chi connectivity index (χ2n) is 4.40. The van der Waals surface area contributed by atoms with Crippen molar-refractivity contribution in [2.45, 2.75) is 0 Å². The van der Waals surface area contributed by atoms with E-state index in [0.29, 0.717) is 16.8 Å². The molecule has 2 N–H and O–H groups in total. The Morgan fingerprint density at radius 1 is 1.22 bits per heavy atom. The van der Waals surface area contributed by atoms with E-state index in [1.165, 1.54) is 6.07 Å². The van der Waals surface area contributed by atoms with Crippen molar-refractivity contribution in [3.05, 3.63) is 70.9 Å².